The van der Waals surface area contributed by atoms with E-state index in [-0.39, 0.29) is 148 Å². The predicted molar refractivity (Wildman–Crippen MR) is 416 cm³/mol. The van der Waals surface area contributed by atoms with Crippen LogP contribution in [0.3, 0.4) is 0 Å². The number of alkyl halides is 6. The van der Waals surface area contributed by atoms with Gasteiger partial charge in [-0.1, -0.05) is 117 Å². The van der Waals surface area contributed by atoms with Crippen molar-refractivity contribution in [2.24, 2.45) is 0 Å². The second-order valence-corrected chi connectivity index (χ2v) is 31.4. The third kappa shape index (κ3) is 15.9. The van der Waals surface area contributed by atoms with Crippen molar-refractivity contribution in [1.82, 2.24) is 9.80 Å². The molecule has 6 unspecified atom stereocenters. The number of hydrogen-bond donors (Lipinski definition) is 0. The van der Waals surface area contributed by atoms with Gasteiger partial charge in [0.1, 0.15) is 82.5 Å². The Balaban J connectivity index is 1.18. The average molecular weight is 1570 g/mol. The fourth-order valence-corrected chi connectivity index (χ4v) is 16.0. The molecular weight excluding hydrogens is 1480 g/mol. The fourth-order valence-electron chi connectivity index (χ4n) is 16.0. The van der Waals surface area contributed by atoms with Crippen LogP contribution in [-0.4, -0.2) is 106 Å². The van der Waals surface area contributed by atoms with Gasteiger partial charge in [0, 0.05) is 68.1 Å². The van der Waals surface area contributed by atoms with Gasteiger partial charge in [0.05, 0.1) is 35.1 Å². The maximum Gasteiger partial charge on any atom is 0.391 e. The highest BCUT2D eigenvalue weighted by atomic mass is 19.4. The van der Waals surface area contributed by atoms with Crippen molar-refractivity contribution in [2.75, 3.05) is 0 Å². The number of carbonyl (C=O) groups is 8. The van der Waals surface area contributed by atoms with Gasteiger partial charge in [-0.25, -0.2) is 19.2 Å². The lowest BCUT2D eigenvalue weighted by atomic mass is 9.80. The van der Waals surface area contributed by atoms with Gasteiger partial charge < -0.3 is 37.9 Å². The van der Waals surface area contributed by atoms with Gasteiger partial charge in [0.2, 0.25) is 0 Å². The predicted octanol–water partition coefficient (Wildman–Crippen LogP) is 21.6. The molecule has 2 saturated carbocycles. The molecule has 9 aromatic carbocycles. The van der Waals surface area contributed by atoms with Crippen LogP contribution in [0.15, 0.2) is 122 Å². The number of amides is 4. The Kier molecular flexibility index (Phi) is 22.4. The molecule has 114 heavy (non-hydrogen) atoms. The summed E-state index contributed by atoms with van der Waals surface area (Å²) < 4.78 is 145. The molecule has 13 rings (SSSR count). The molecule has 24 heteroatoms. The van der Waals surface area contributed by atoms with Crippen molar-refractivity contribution in [3.63, 3.8) is 0 Å². The van der Waals surface area contributed by atoms with E-state index in [2.05, 4.69) is 13.2 Å². The molecule has 2 aliphatic carbocycles. The highest BCUT2D eigenvalue weighted by Gasteiger charge is 2.52. The van der Waals surface area contributed by atoms with Crippen LogP contribution in [0.4, 0.5) is 26.3 Å². The van der Waals surface area contributed by atoms with Gasteiger partial charge >= 0.3 is 36.2 Å². The van der Waals surface area contributed by atoms with Gasteiger partial charge in [0.15, 0.2) is 0 Å². The summed E-state index contributed by atoms with van der Waals surface area (Å²) in [5.41, 5.74) is 3.74. The van der Waals surface area contributed by atoms with Crippen molar-refractivity contribution in [3.05, 3.63) is 189 Å². The van der Waals surface area contributed by atoms with Gasteiger partial charge in [0.25, 0.3) is 23.6 Å². The van der Waals surface area contributed by atoms with E-state index in [1.807, 2.05) is 79.7 Å². The zero-order valence-corrected chi connectivity index (χ0v) is 65.3. The van der Waals surface area contributed by atoms with Crippen molar-refractivity contribution < 1.29 is 103 Å². The van der Waals surface area contributed by atoms with Gasteiger partial charge in [-0.2, -0.15) is 26.3 Å². The standard InChI is InChI=1S/C90H88F6N2O16/c1-15-73(99)107-55-19-17-21-57(35-55)109-87(105)63(41-89(91,92)93)97-83(101)59-37-69(111-65-27-23-51(43(3)4)31-47(65)11)77-79-71(113-67-29-25-53(45(7)8)33-49(67)13)39-61-76-62(86(104)98(85(61)103)64(42-90(94,95)96)88(106)110-58-22-18-20-56(36-58)108-74(100)16-2)40-72(114-68-30-26-54(46(9)10)34-50(68)14)80(82(76)79)78-70(38-60(84(97)102)75(59)81(77)78)112-66-28-24-52(44(5)6)32-48(66)12/h15-16,23-34,37-40,43-46,55-58,63-64H,1-2,17-22,35-36,41-42H2,3-14H3. The number of esters is 4. The Morgan fingerprint density at radius 1 is 0.377 bits per heavy atom. The smallest absolute Gasteiger partial charge is 0.391 e. The first-order valence-electron chi connectivity index (χ1n) is 38.4. The lowest BCUT2D eigenvalue weighted by Crippen LogP contribution is -2.53. The zero-order valence-electron chi connectivity index (χ0n) is 65.3. The molecule has 0 radical (unpaired) electrons. The maximum absolute atomic E-state index is 16.4. The lowest BCUT2D eigenvalue weighted by molar-refractivity contribution is -0.174. The summed E-state index contributed by atoms with van der Waals surface area (Å²) in [4.78, 5) is 121. The van der Waals surface area contributed by atoms with Crippen LogP contribution in [0.25, 0.3) is 43.1 Å². The molecular formula is C90H88F6N2O16. The van der Waals surface area contributed by atoms with Gasteiger partial charge in [-0.15, -0.1) is 0 Å². The normalized spacial score (nSPS) is 17.8. The summed E-state index contributed by atoms with van der Waals surface area (Å²) in [6.45, 7) is 29.7. The van der Waals surface area contributed by atoms with Crippen molar-refractivity contribution in [1.29, 1.82) is 0 Å². The Bertz CT molecular complexity index is 4880. The monoisotopic (exact) mass is 1570 g/mol. The first-order chi connectivity index (χ1) is 53.9. The lowest BCUT2D eigenvalue weighted by Gasteiger charge is -2.36. The average Bonchev–Trinajstić information content (AvgIpc) is 0.669. The van der Waals surface area contributed by atoms with E-state index >= 15 is 45.5 Å². The van der Waals surface area contributed by atoms with Crippen LogP contribution in [0.2, 0.25) is 0 Å². The Hall–Kier alpha value is -11.3. The first kappa shape index (κ1) is 80.7. The molecule has 4 amide bonds. The van der Waals surface area contributed by atoms with Crippen molar-refractivity contribution in [3.8, 4) is 46.0 Å². The van der Waals surface area contributed by atoms with E-state index in [1.165, 1.54) is 24.3 Å². The van der Waals surface area contributed by atoms with Crippen LogP contribution >= 0.6 is 0 Å². The number of halogens is 6. The maximum atomic E-state index is 16.4. The van der Waals surface area contributed by atoms with E-state index in [9.17, 15) is 19.2 Å². The molecule has 0 spiro atoms. The van der Waals surface area contributed by atoms with Crippen LogP contribution in [0.5, 0.6) is 46.0 Å². The Morgan fingerprint density at radius 3 is 0.842 bits per heavy atom. The highest BCUT2D eigenvalue weighted by Crippen LogP contribution is 2.59. The van der Waals surface area contributed by atoms with E-state index in [0.717, 1.165) is 34.4 Å². The number of fused-ring (bicyclic) bond motifs is 2. The number of benzene rings is 9. The molecule has 9 aromatic rings. The molecule has 0 aromatic heterocycles. The molecule has 596 valence electrons. The largest absolute Gasteiger partial charge is 0.461 e. The second kappa shape index (κ2) is 31.6. The van der Waals surface area contributed by atoms with Crippen LogP contribution in [0.1, 0.15) is 229 Å². The van der Waals surface area contributed by atoms with Crippen molar-refractivity contribution in [2.45, 2.75) is 220 Å². The number of imide groups is 2. The summed E-state index contributed by atoms with van der Waals surface area (Å²) in [5.74, 6) is -10.9. The minimum Gasteiger partial charge on any atom is -0.461 e. The number of ether oxygens (including phenoxy) is 8. The number of rotatable bonds is 24. The Labute approximate surface area is 654 Å². The third-order valence-electron chi connectivity index (χ3n) is 21.9. The van der Waals surface area contributed by atoms with E-state index in [1.54, 1.807) is 76.2 Å². The SMILES string of the molecule is C=CC(=O)OC1CCCC(OC(=O)C(CC(F)(F)F)N2C(=O)c3cc(Oc4ccc(C(C)C)cc4C)c4c5c(Oc6ccc(C(C)C)cc6C)cc6c7c(cc(Oc8ccc(C(C)C)cc8C)c(c8c(Oc9ccc(C(C)C)cc9C)cc(c3c48)C2=O)c75)C(=O)N(C(CC(F)(F)F)C(=O)OC2CCCC(OC(=O)C=C)C2)C6=O)C1. The Morgan fingerprint density at radius 2 is 0.623 bits per heavy atom. The van der Waals surface area contributed by atoms with E-state index in [4.69, 9.17) is 37.9 Å². The van der Waals surface area contributed by atoms with E-state index in [0.29, 0.717) is 47.9 Å². The summed E-state index contributed by atoms with van der Waals surface area (Å²) >= 11 is 0. The zero-order chi connectivity index (χ0) is 82.2. The van der Waals surface area contributed by atoms with Crippen LogP contribution in [0, 0.1) is 27.7 Å². The molecule has 0 N–H and O–H groups in total. The summed E-state index contributed by atoms with van der Waals surface area (Å²) in [5, 5.41) is -0.764. The molecule has 2 heterocycles. The summed E-state index contributed by atoms with van der Waals surface area (Å²) in [6, 6.07) is 20.9. The van der Waals surface area contributed by atoms with E-state index < -0.39 is 131 Å². The number of aryl methyl sites for hydroxylation is 4. The third-order valence-corrected chi connectivity index (χ3v) is 21.9. The van der Waals surface area contributed by atoms with Gasteiger partial charge in [-0.05, 0) is 183 Å². The second-order valence-electron chi connectivity index (χ2n) is 31.4. The first-order valence-corrected chi connectivity index (χ1v) is 38.4. The number of hydrogen-bond acceptors (Lipinski definition) is 16. The van der Waals surface area contributed by atoms with Crippen LogP contribution in [-0.2, 0) is 38.1 Å². The number of nitrogens with zero attached hydrogens (tertiary/aromatic N) is 2. The summed E-state index contributed by atoms with van der Waals surface area (Å²) in [7, 11) is 0. The minimum atomic E-state index is -5.26. The van der Waals surface area contributed by atoms with Crippen LogP contribution < -0.4 is 18.9 Å². The fraction of sp³-hybridized carbons (Fsp3) is 0.378. The quantitative estimate of drug-likeness (QED) is 0.0104. The van der Waals surface area contributed by atoms with Gasteiger partial charge in [-0.3, -0.25) is 29.0 Å². The summed E-state index contributed by atoms with van der Waals surface area (Å²) in [6.07, 6.45) is -15.6. The molecule has 2 aliphatic heterocycles. The molecule has 4 aliphatic rings. The molecule has 2 fully saturated rings. The molecule has 6 atom stereocenters. The van der Waals surface area contributed by atoms with Crippen molar-refractivity contribution >= 4 is 90.6 Å². The number of carbonyl (C=O) groups excluding carboxylic acids is 8. The minimum absolute atomic E-state index is 0.0152. The molecule has 18 nitrogen and oxygen atoms in total. The molecule has 0 saturated heterocycles. The highest BCUT2D eigenvalue weighted by molar-refractivity contribution is 6.45. The molecule has 0 bridgehead atoms. The topological polar surface area (TPSA) is 217 Å².